The number of aliphatic imine (C=N–C) groups is 1. The summed E-state index contributed by atoms with van der Waals surface area (Å²) in [4.78, 5) is 18.6. The zero-order valence-electron chi connectivity index (χ0n) is 11.6. The molecule has 0 aliphatic carbocycles. The third-order valence-corrected chi connectivity index (χ3v) is 3.09. The molecule has 0 saturated carbocycles. The van der Waals surface area contributed by atoms with Crippen LogP contribution in [-0.4, -0.2) is 11.1 Å². The van der Waals surface area contributed by atoms with Gasteiger partial charge in [0.15, 0.2) is 0 Å². The van der Waals surface area contributed by atoms with Crippen LogP contribution >= 0.6 is 0 Å². The zero-order chi connectivity index (χ0) is 14.7. The van der Waals surface area contributed by atoms with Gasteiger partial charge in [-0.05, 0) is 48.2 Å². The topological polar surface area (TPSA) is 42.3 Å². The minimum absolute atomic E-state index is 0.0551. The molecule has 0 radical (unpaired) electrons. The van der Waals surface area contributed by atoms with E-state index in [-0.39, 0.29) is 11.7 Å². The molecule has 0 atom stereocenters. The molecule has 0 fully saturated rings. The molecule has 3 nitrogen and oxygen atoms in total. The highest BCUT2D eigenvalue weighted by atomic mass is 19.1. The second-order valence-corrected chi connectivity index (χ2v) is 4.93. The SMILES string of the molecule is Cc1cc(-c2cc(F)cc(C(C)C)c2N=C=O)ccn1. The van der Waals surface area contributed by atoms with Crippen LogP contribution in [0.15, 0.2) is 35.5 Å². The first-order valence-corrected chi connectivity index (χ1v) is 6.37. The molecule has 0 saturated heterocycles. The van der Waals surface area contributed by atoms with Gasteiger partial charge in [-0.2, -0.15) is 4.99 Å². The van der Waals surface area contributed by atoms with Crippen LogP contribution in [0.2, 0.25) is 0 Å². The van der Waals surface area contributed by atoms with Gasteiger partial charge in [0.25, 0.3) is 0 Å². The molecule has 20 heavy (non-hydrogen) atoms. The van der Waals surface area contributed by atoms with E-state index in [0.717, 1.165) is 11.3 Å². The molecule has 0 amide bonds. The van der Waals surface area contributed by atoms with Crippen LogP contribution in [0.1, 0.15) is 31.0 Å². The van der Waals surface area contributed by atoms with Crippen LogP contribution in [0.25, 0.3) is 11.1 Å². The Morgan fingerprint density at radius 1 is 1.30 bits per heavy atom. The third kappa shape index (κ3) is 2.81. The maximum atomic E-state index is 13.8. The van der Waals surface area contributed by atoms with Crippen molar-refractivity contribution in [2.24, 2.45) is 4.99 Å². The molecule has 2 aromatic rings. The molecule has 0 aliphatic heterocycles. The molecular formula is C16H15FN2O. The van der Waals surface area contributed by atoms with Gasteiger partial charge in [-0.1, -0.05) is 13.8 Å². The summed E-state index contributed by atoms with van der Waals surface area (Å²) < 4.78 is 13.8. The zero-order valence-corrected chi connectivity index (χ0v) is 11.6. The van der Waals surface area contributed by atoms with Crippen LogP contribution in [0.5, 0.6) is 0 Å². The highest BCUT2D eigenvalue weighted by molar-refractivity contribution is 5.80. The van der Waals surface area contributed by atoms with E-state index in [1.54, 1.807) is 18.3 Å². The molecule has 1 heterocycles. The third-order valence-electron chi connectivity index (χ3n) is 3.09. The van der Waals surface area contributed by atoms with E-state index in [1.807, 2.05) is 26.8 Å². The number of pyridine rings is 1. The number of halogens is 1. The lowest BCUT2D eigenvalue weighted by atomic mass is 9.94. The van der Waals surface area contributed by atoms with Gasteiger partial charge in [-0.25, -0.2) is 9.18 Å². The largest absolute Gasteiger partial charge is 0.262 e. The number of aromatic nitrogens is 1. The Bertz CT molecular complexity index is 689. The highest BCUT2D eigenvalue weighted by Gasteiger charge is 2.15. The number of nitrogens with zero attached hydrogens (tertiary/aromatic N) is 2. The fourth-order valence-electron chi connectivity index (χ4n) is 2.16. The lowest BCUT2D eigenvalue weighted by Crippen LogP contribution is -1.94. The Morgan fingerprint density at radius 2 is 2.05 bits per heavy atom. The molecule has 0 aliphatic rings. The quantitative estimate of drug-likeness (QED) is 0.617. The molecule has 1 aromatic heterocycles. The number of aryl methyl sites for hydroxylation is 1. The van der Waals surface area contributed by atoms with E-state index >= 15 is 0 Å². The molecule has 2 rings (SSSR count). The summed E-state index contributed by atoms with van der Waals surface area (Å²) in [6, 6.07) is 6.41. The summed E-state index contributed by atoms with van der Waals surface area (Å²) >= 11 is 0. The van der Waals surface area contributed by atoms with Crippen molar-refractivity contribution in [2.45, 2.75) is 26.7 Å². The minimum Gasteiger partial charge on any atom is -0.262 e. The van der Waals surface area contributed by atoms with Crippen LogP contribution in [0.3, 0.4) is 0 Å². The fraction of sp³-hybridized carbons (Fsp3) is 0.250. The number of hydrogen-bond acceptors (Lipinski definition) is 3. The summed E-state index contributed by atoms with van der Waals surface area (Å²) in [7, 11) is 0. The van der Waals surface area contributed by atoms with Gasteiger partial charge < -0.3 is 0 Å². The lowest BCUT2D eigenvalue weighted by Gasteiger charge is -2.14. The van der Waals surface area contributed by atoms with Crippen molar-refractivity contribution in [1.82, 2.24) is 4.98 Å². The highest BCUT2D eigenvalue weighted by Crippen LogP contribution is 2.37. The van der Waals surface area contributed by atoms with E-state index < -0.39 is 0 Å². The Morgan fingerprint density at radius 3 is 2.65 bits per heavy atom. The second kappa shape index (κ2) is 5.76. The van der Waals surface area contributed by atoms with Gasteiger partial charge in [0.2, 0.25) is 6.08 Å². The average Bonchev–Trinajstić information content (AvgIpc) is 2.40. The number of carbonyl (C=O) groups excluding carboxylic acids is 1. The van der Waals surface area contributed by atoms with Crippen molar-refractivity contribution in [2.75, 3.05) is 0 Å². The average molecular weight is 270 g/mol. The van der Waals surface area contributed by atoms with Crippen molar-refractivity contribution in [3.63, 3.8) is 0 Å². The van der Waals surface area contributed by atoms with E-state index in [2.05, 4.69) is 9.98 Å². The van der Waals surface area contributed by atoms with Crippen LogP contribution in [0.4, 0.5) is 10.1 Å². The van der Waals surface area contributed by atoms with Crippen molar-refractivity contribution < 1.29 is 9.18 Å². The molecule has 0 unspecified atom stereocenters. The summed E-state index contributed by atoms with van der Waals surface area (Å²) in [5, 5.41) is 0. The minimum atomic E-state index is -0.344. The van der Waals surface area contributed by atoms with E-state index in [1.165, 1.54) is 12.1 Å². The first-order valence-electron chi connectivity index (χ1n) is 6.37. The van der Waals surface area contributed by atoms with Gasteiger partial charge in [0.05, 0.1) is 5.69 Å². The van der Waals surface area contributed by atoms with Crippen molar-refractivity contribution in [3.8, 4) is 11.1 Å². The van der Waals surface area contributed by atoms with Crippen LogP contribution in [-0.2, 0) is 4.79 Å². The van der Waals surface area contributed by atoms with Gasteiger partial charge >= 0.3 is 0 Å². The van der Waals surface area contributed by atoms with E-state index in [4.69, 9.17) is 0 Å². The Labute approximate surface area is 117 Å². The molecular weight excluding hydrogens is 255 g/mol. The maximum Gasteiger partial charge on any atom is 0.240 e. The summed E-state index contributed by atoms with van der Waals surface area (Å²) in [6.07, 6.45) is 3.21. The first-order chi connectivity index (χ1) is 9.52. The predicted octanol–water partition coefficient (Wildman–Crippen LogP) is 4.29. The Kier molecular flexibility index (Phi) is 4.06. The smallest absolute Gasteiger partial charge is 0.240 e. The number of isocyanates is 1. The second-order valence-electron chi connectivity index (χ2n) is 4.93. The molecule has 0 bridgehead atoms. The van der Waals surface area contributed by atoms with Gasteiger partial charge in [0, 0.05) is 17.5 Å². The number of rotatable bonds is 3. The monoisotopic (exact) mass is 270 g/mol. The molecule has 0 N–H and O–H groups in total. The van der Waals surface area contributed by atoms with Crippen LogP contribution < -0.4 is 0 Å². The first kappa shape index (κ1) is 14.1. The number of hydrogen-bond donors (Lipinski definition) is 0. The normalized spacial score (nSPS) is 10.4. The molecule has 4 heteroatoms. The van der Waals surface area contributed by atoms with Gasteiger partial charge in [-0.15, -0.1) is 0 Å². The maximum absolute atomic E-state index is 13.8. The van der Waals surface area contributed by atoms with E-state index in [0.29, 0.717) is 16.8 Å². The predicted molar refractivity (Wildman–Crippen MR) is 76.2 cm³/mol. The summed E-state index contributed by atoms with van der Waals surface area (Å²) in [5.74, 6) is -0.289. The fourth-order valence-corrected chi connectivity index (χ4v) is 2.16. The Hall–Kier alpha value is -2.32. The van der Waals surface area contributed by atoms with Crippen LogP contribution in [0, 0.1) is 12.7 Å². The lowest BCUT2D eigenvalue weighted by molar-refractivity contribution is 0.565. The molecule has 102 valence electrons. The molecule has 0 spiro atoms. The van der Waals surface area contributed by atoms with Crippen molar-refractivity contribution >= 4 is 11.8 Å². The molecule has 1 aromatic carbocycles. The van der Waals surface area contributed by atoms with E-state index in [9.17, 15) is 9.18 Å². The van der Waals surface area contributed by atoms with Crippen molar-refractivity contribution in [1.29, 1.82) is 0 Å². The number of benzene rings is 1. The van der Waals surface area contributed by atoms with Crippen molar-refractivity contribution in [3.05, 3.63) is 47.5 Å². The standard InChI is InChI=1S/C16H15FN2O/c1-10(2)14-7-13(17)8-15(16(14)19-9-20)12-4-5-18-11(3)6-12/h4-8,10H,1-3H3. The summed E-state index contributed by atoms with van der Waals surface area (Å²) in [6.45, 7) is 5.72. The van der Waals surface area contributed by atoms with Gasteiger partial charge in [-0.3, -0.25) is 4.98 Å². The summed E-state index contributed by atoms with van der Waals surface area (Å²) in [5.41, 5.74) is 3.36. The van der Waals surface area contributed by atoms with Gasteiger partial charge in [0.1, 0.15) is 5.82 Å². The Balaban J connectivity index is 2.77.